The van der Waals surface area contributed by atoms with E-state index >= 15 is 0 Å². The van der Waals surface area contributed by atoms with Crippen LogP contribution in [0.1, 0.15) is 37.3 Å². The summed E-state index contributed by atoms with van der Waals surface area (Å²) >= 11 is 5.92. The highest BCUT2D eigenvalue weighted by Gasteiger charge is 2.30. The van der Waals surface area contributed by atoms with Gasteiger partial charge >= 0.3 is 11.9 Å². The van der Waals surface area contributed by atoms with Gasteiger partial charge in [0.15, 0.2) is 11.2 Å². The topological polar surface area (TPSA) is 102 Å². The van der Waals surface area contributed by atoms with Gasteiger partial charge in [0.05, 0.1) is 18.7 Å². The first-order valence-electron chi connectivity index (χ1n) is 11.4. The van der Waals surface area contributed by atoms with Crippen LogP contribution in [0.3, 0.4) is 0 Å². The van der Waals surface area contributed by atoms with Gasteiger partial charge in [-0.1, -0.05) is 31.9 Å². The summed E-state index contributed by atoms with van der Waals surface area (Å²) in [7, 11) is 1.45. The number of hydrogen-bond acceptors (Lipinski definition) is 5. The molecule has 196 valence electrons. The van der Waals surface area contributed by atoms with E-state index in [1.54, 1.807) is 0 Å². The maximum Gasteiger partial charge on any atom is 0.416 e. The number of alkyl halides is 3. The van der Waals surface area contributed by atoms with E-state index in [1.807, 2.05) is 6.92 Å². The average molecular weight is 530 g/mol. The van der Waals surface area contributed by atoms with Crippen molar-refractivity contribution in [3.8, 4) is 0 Å². The number of amides is 1. The SMILES string of the molecule is CCCCCn1c(=O)n(CCOCC(=O)N(C)Cc2cccc(C(F)(F)F)c2)c(=O)c2[nH]c(Cl)nc21. The van der Waals surface area contributed by atoms with Gasteiger partial charge in [0, 0.05) is 20.1 Å². The zero-order valence-electron chi connectivity index (χ0n) is 19.9. The fourth-order valence-corrected chi connectivity index (χ4v) is 3.87. The number of imidazole rings is 1. The van der Waals surface area contributed by atoms with E-state index in [9.17, 15) is 27.6 Å². The molecule has 0 saturated heterocycles. The number of aromatic amines is 1. The summed E-state index contributed by atoms with van der Waals surface area (Å²) < 4.78 is 46.4. The Balaban J connectivity index is 1.62. The third-order valence-corrected chi connectivity index (χ3v) is 5.78. The average Bonchev–Trinajstić information content (AvgIpc) is 3.21. The number of ether oxygens (including phenoxy) is 1. The fraction of sp³-hybridized carbons (Fsp3) is 0.478. The van der Waals surface area contributed by atoms with Gasteiger partial charge in [-0.05, 0) is 35.7 Å². The summed E-state index contributed by atoms with van der Waals surface area (Å²) in [6.45, 7) is 1.77. The molecule has 2 heterocycles. The minimum absolute atomic E-state index is 0.00542. The molecule has 2 aromatic heterocycles. The summed E-state index contributed by atoms with van der Waals surface area (Å²) in [5.41, 5.74) is -1.33. The Hall–Kier alpha value is -3.12. The van der Waals surface area contributed by atoms with Gasteiger partial charge in [0.1, 0.15) is 6.61 Å². The molecule has 0 atom stereocenters. The molecule has 9 nitrogen and oxygen atoms in total. The van der Waals surface area contributed by atoms with Crippen molar-refractivity contribution in [1.82, 2.24) is 24.0 Å². The lowest BCUT2D eigenvalue weighted by molar-refractivity contribution is -0.137. The van der Waals surface area contributed by atoms with Crippen LogP contribution < -0.4 is 11.2 Å². The van der Waals surface area contributed by atoms with Crippen LogP contribution in [0, 0.1) is 0 Å². The minimum atomic E-state index is -4.47. The van der Waals surface area contributed by atoms with Crippen LogP contribution in [0.4, 0.5) is 13.2 Å². The Morgan fingerprint density at radius 2 is 1.94 bits per heavy atom. The summed E-state index contributed by atoms with van der Waals surface area (Å²) in [6, 6.07) is 4.72. The lowest BCUT2D eigenvalue weighted by Crippen LogP contribution is -2.41. The van der Waals surface area contributed by atoms with Gasteiger partial charge < -0.3 is 14.6 Å². The van der Waals surface area contributed by atoms with Gasteiger partial charge in [-0.2, -0.15) is 18.2 Å². The number of benzene rings is 1. The Kier molecular flexibility index (Phi) is 8.96. The second kappa shape index (κ2) is 11.7. The van der Waals surface area contributed by atoms with Crippen molar-refractivity contribution in [3.63, 3.8) is 0 Å². The number of nitrogens with one attached hydrogen (secondary N) is 1. The van der Waals surface area contributed by atoms with Crippen LogP contribution in [-0.4, -0.2) is 50.2 Å². The molecule has 3 rings (SSSR count). The standard InChI is InChI=1S/C23H27ClF3N5O4/c1-3-4-5-9-31-19-18(28-21(24)29-19)20(34)32(22(31)35)10-11-36-14-17(33)30(2)13-15-7-6-8-16(12-15)23(25,26)27/h6-8,12H,3-5,9-11,13-14H2,1-2H3,(H,28,29). The zero-order valence-corrected chi connectivity index (χ0v) is 20.7. The Labute approximate surface area is 209 Å². The smallest absolute Gasteiger partial charge is 0.370 e. The number of aryl methyl sites for hydroxylation is 1. The molecule has 3 aromatic rings. The molecule has 0 bridgehead atoms. The van der Waals surface area contributed by atoms with Crippen molar-refractivity contribution >= 4 is 28.7 Å². The second-order valence-corrected chi connectivity index (χ2v) is 8.68. The number of unbranched alkanes of at least 4 members (excludes halogenated alkanes) is 2. The van der Waals surface area contributed by atoms with Crippen molar-refractivity contribution in [2.75, 3.05) is 20.3 Å². The summed E-state index contributed by atoms with van der Waals surface area (Å²) in [4.78, 5) is 46.1. The molecule has 1 N–H and O–H groups in total. The fourth-order valence-electron chi connectivity index (χ4n) is 3.69. The number of nitrogens with zero attached hydrogens (tertiary/aromatic N) is 4. The van der Waals surface area contributed by atoms with Crippen LogP contribution >= 0.6 is 11.6 Å². The minimum Gasteiger partial charge on any atom is -0.370 e. The molecule has 0 saturated carbocycles. The lowest BCUT2D eigenvalue weighted by Gasteiger charge is -2.18. The molecule has 0 spiro atoms. The Morgan fingerprint density at radius 1 is 1.19 bits per heavy atom. The van der Waals surface area contributed by atoms with Crippen molar-refractivity contribution in [1.29, 1.82) is 0 Å². The van der Waals surface area contributed by atoms with Gasteiger partial charge in [0.2, 0.25) is 11.2 Å². The van der Waals surface area contributed by atoms with E-state index in [0.717, 1.165) is 36.0 Å². The van der Waals surface area contributed by atoms with E-state index in [0.29, 0.717) is 12.1 Å². The molecule has 0 unspecified atom stereocenters. The number of carbonyl (C=O) groups is 1. The number of rotatable bonds is 11. The first-order chi connectivity index (χ1) is 17.0. The van der Waals surface area contributed by atoms with Crippen LogP contribution in [0.5, 0.6) is 0 Å². The molecule has 0 radical (unpaired) electrons. The molecule has 0 aliphatic carbocycles. The monoisotopic (exact) mass is 529 g/mol. The highest BCUT2D eigenvalue weighted by molar-refractivity contribution is 6.28. The van der Waals surface area contributed by atoms with Crippen molar-refractivity contribution in [2.45, 2.75) is 52.0 Å². The van der Waals surface area contributed by atoms with Gasteiger partial charge in [-0.25, -0.2) is 4.79 Å². The normalized spacial score (nSPS) is 11.8. The molecule has 0 aliphatic rings. The summed E-state index contributed by atoms with van der Waals surface area (Å²) in [6.07, 6.45) is -1.91. The van der Waals surface area contributed by atoms with Crippen LogP contribution in [0.2, 0.25) is 5.28 Å². The highest BCUT2D eigenvalue weighted by atomic mass is 35.5. The van der Waals surface area contributed by atoms with Crippen molar-refractivity contribution < 1.29 is 22.7 Å². The van der Waals surface area contributed by atoms with Gasteiger partial charge in [-0.3, -0.25) is 18.7 Å². The molecular formula is C23H27ClF3N5O4. The molecule has 0 fully saturated rings. The van der Waals surface area contributed by atoms with E-state index in [-0.39, 0.29) is 42.8 Å². The van der Waals surface area contributed by atoms with Gasteiger partial charge in [-0.15, -0.1) is 0 Å². The number of H-pyrrole nitrogens is 1. The number of hydrogen-bond donors (Lipinski definition) is 1. The third kappa shape index (κ3) is 6.55. The molecular weight excluding hydrogens is 503 g/mol. The summed E-state index contributed by atoms with van der Waals surface area (Å²) in [5.74, 6) is -0.465. The van der Waals surface area contributed by atoms with Crippen LogP contribution in [0.15, 0.2) is 33.9 Å². The zero-order chi connectivity index (χ0) is 26.5. The molecule has 0 aliphatic heterocycles. The second-order valence-electron chi connectivity index (χ2n) is 8.32. The number of fused-ring (bicyclic) bond motifs is 1. The Morgan fingerprint density at radius 3 is 2.64 bits per heavy atom. The van der Waals surface area contributed by atoms with E-state index in [1.165, 1.54) is 28.6 Å². The van der Waals surface area contributed by atoms with E-state index in [4.69, 9.17) is 16.3 Å². The maximum absolute atomic E-state index is 13.0. The van der Waals surface area contributed by atoms with Crippen molar-refractivity contribution in [3.05, 3.63) is 61.5 Å². The van der Waals surface area contributed by atoms with Crippen molar-refractivity contribution in [2.24, 2.45) is 0 Å². The van der Waals surface area contributed by atoms with E-state index in [2.05, 4.69) is 9.97 Å². The molecule has 1 aromatic carbocycles. The summed E-state index contributed by atoms with van der Waals surface area (Å²) in [5, 5.41) is -0.00542. The largest absolute Gasteiger partial charge is 0.416 e. The van der Waals surface area contributed by atoms with Crippen LogP contribution in [-0.2, 0) is 35.3 Å². The number of aromatic nitrogens is 4. The predicted octanol–water partition coefficient (Wildman–Crippen LogP) is 3.42. The molecule has 1 amide bonds. The van der Waals surface area contributed by atoms with Gasteiger partial charge in [0.25, 0.3) is 5.56 Å². The number of halogens is 4. The Bertz CT molecular complexity index is 1330. The number of likely N-dealkylation sites (N-methyl/N-ethyl adjacent to an activating group) is 1. The molecule has 36 heavy (non-hydrogen) atoms. The quantitative estimate of drug-likeness (QED) is 0.303. The molecule has 13 heteroatoms. The van der Waals surface area contributed by atoms with E-state index < -0.39 is 28.9 Å². The number of carbonyl (C=O) groups excluding carboxylic acids is 1. The lowest BCUT2D eigenvalue weighted by atomic mass is 10.1. The first kappa shape index (κ1) is 27.5. The predicted molar refractivity (Wildman–Crippen MR) is 128 cm³/mol. The maximum atomic E-state index is 13.0. The highest BCUT2D eigenvalue weighted by Crippen LogP contribution is 2.29. The van der Waals surface area contributed by atoms with Crippen LogP contribution in [0.25, 0.3) is 11.2 Å². The third-order valence-electron chi connectivity index (χ3n) is 5.60. The first-order valence-corrected chi connectivity index (χ1v) is 11.8.